The Bertz CT molecular complexity index is 1440. The van der Waals surface area contributed by atoms with E-state index in [0.29, 0.717) is 34.4 Å². The van der Waals surface area contributed by atoms with Crippen molar-refractivity contribution in [3.8, 4) is 28.8 Å². The summed E-state index contributed by atoms with van der Waals surface area (Å²) in [5, 5.41) is 17.7. The fraction of sp³-hybridized carbons (Fsp3) is 0.304. The highest BCUT2D eigenvalue weighted by Gasteiger charge is 2.33. The third-order valence-corrected chi connectivity index (χ3v) is 7.22. The molecular formula is C23H26N6O6S. The Morgan fingerprint density at radius 2 is 1.72 bits per heavy atom. The van der Waals surface area contributed by atoms with Crippen LogP contribution >= 0.6 is 0 Å². The van der Waals surface area contributed by atoms with E-state index in [0.717, 1.165) is 0 Å². The SMILES string of the molecule is COc1cccc(OC)c1-n1c(NS(=O)(=O)[C@@H](C)[C@H](O)c2cnc(C)cn2)nnc1-c1ccc(C)o1. The predicted octanol–water partition coefficient (Wildman–Crippen LogP) is 2.82. The quantitative estimate of drug-likeness (QED) is 0.341. The van der Waals surface area contributed by atoms with E-state index in [1.54, 1.807) is 44.2 Å². The molecule has 0 aliphatic heterocycles. The van der Waals surface area contributed by atoms with Crippen molar-refractivity contribution in [3.05, 3.63) is 59.9 Å². The van der Waals surface area contributed by atoms with Gasteiger partial charge in [-0.15, -0.1) is 10.2 Å². The molecule has 0 aliphatic carbocycles. The van der Waals surface area contributed by atoms with Gasteiger partial charge in [0, 0.05) is 6.20 Å². The van der Waals surface area contributed by atoms with Crippen LogP contribution in [0.2, 0.25) is 0 Å². The maximum atomic E-state index is 13.3. The lowest BCUT2D eigenvalue weighted by molar-refractivity contribution is 0.171. The molecule has 2 atom stereocenters. The van der Waals surface area contributed by atoms with Gasteiger partial charge in [0.15, 0.2) is 5.76 Å². The number of furan rings is 1. The van der Waals surface area contributed by atoms with Crippen LogP contribution in [0.25, 0.3) is 17.3 Å². The molecule has 190 valence electrons. The topological polar surface area (TPSA) is 154 Å². The first-order valence-corrected chi connectivity index (χ1v) is 12.4. The molecule has 0 amide bonds. The van der Waals surface area contributed by atoms with Gasteiger partial charge in [-0.1, -0.05) is 6.07 Å². The van der Waals surface area contributed by atoms with Gasteiger partial charge >= 0.3 is 0 Å². The Labute approximate surface area is 208 Å². The van der Waals surface area contributed by atoms with E-state index in [4.69, 9.17) is 13.9 Å². The van der Waals surface area contributed by atoms with Crippen LogP contribution in [0.4, 0.5) is 5.95 Å². The van der Waals surface area contributed by atoms with Crippen LogP contribution in [0.1, 0.15) is 30.2 Å². The number of aliphatic hydroxyl groups excluding tert-OH is 1. The number of rotatable bonds is 9. The van der Waals surface area contributed by atoms with Gasteiger partial charge in [-0.3, -0.25) is 19.3 Å². The summed E-state index contributed by atoms with van der Waals surface area (Å²) < 4.78 is 47.3. The number of hydrogen-bond acceptors (Lipinski definition) is 10. The molecule has 1 aromatic carbocycles. The molecule has 0 saturated heterocycles. The number of ether oxygens (including phenoxy) is 2. The van der Waals surface area contributed by atoms with Crippen LogP contribution in [0.15, 0.2) is 47.1 Å². The molecule has 12 nitrogen and oxygen atoms in total. The van der Waals surface area contributed by atoms with Crippen molar-refractivity contribution in [3.63, 3.8) is 0 Å². The Morgan fingerprint density at radius 3 is 2.28 bits per heavy atom. The van der Waals surface area contributed by atoms with Crippen LogP contribution in [0.5, 0.6) is 11.5 Å². The third-order valence-electron chi connectivity index (χ3n) is 5.52. The molecule has 13 heteroatoms. The van der Waals surface area contributed by atoms with Gasteiger partial charge in [-0.25, -0.2) is 8.42 Å². The van der Waals surface area contributed by atoms with Crippen LogP contribution in [-0.2, 0) is 10.0 Å². The standard InChI is InChI=1S/C23H26N6O6S/c1-13-11-25-16(12-24-13)21(30)15(3)36(31,32)28-23-27-26-22(19-10-9-14(2)35-19)29(23)20-17(33-4)7-6-8-18(20)34-5/h6-12,15,21,30H,1-5H3,(H,27,28)/t15-,21-/m0/s1. The smallest absolute Gasteiger partial charge is 0.243 e. The van der Waals surface area contributed by atoms with E-state index in [2.05, 4.69) is 24.9 Å². The van der Waals surface area contributed by atoms with E-state index in [1.807, 2.05) is 0 Å². The van der Waals surface area contributed by atoms with Gasteiger partial charge in [0.1, 0.15) is 34.3 Å². The zero-order valence-electron chi connectivity index (χ0n) is 20.3. The van der Waals surface area contributed by atoms with E-state index in [1.165, 1.54) is 38.1 Å². The lowest BCUT2D eigenvalue weighted by Gasteiger charge is -2.21. The Balaban J connectivity index is 1.81. The molecule has 0 fully saturated rings. The average molecular weight is 515 g/mol. The van der Waals surface area contributed by atoms with Crippen molar-refractivity contribution in [1.82, 2.24) is 24.7 Å². The fourth-order valence-electron chi connectivity index (χ4n) is 3.51. The average Bonchev–Trinajstić information content (AvgIpc) is 3.48. The minimum Gasteiger partial charge on any atom is -0.494 e. The lowest BCUT2D eigenvalue weighted by Crippen LogP contribution is -2.32. The number of anilines is 1. The molecule has 2 N–H and O–H groups in total. The Morgan fingerprint density at radius 1 is 1.03 bits per heavy atom. The van der Waals surface area contributed by atoms with Crippen molar-refractivity contribution in [2.45, 2.75) is 32.1 Å². The summed E-state index contributed by atoms with van der Waals surface area (Å²) in [6, 6.07) is 8.55. The maximum Gasteiger partial charge on any atom is 0.243 e. The van der Waals surface area contributed by atoms with Crippen LogP contribution < -0.4 is 14.2 Å². The van der Waals surface area contributed by atoms with E-state index >= 15 is 0 Å². The lowest BCUT2D eigenvalue weighted by atomic mass is 10.2. The van der Waals surface area contributed by atoms with Crippen molar-refractivity contribution in [2.24, 2.45) is 0 Å². The number of benzene rings is 1. The van der Waals surface area contributed by atoms with Crippen molar-refractivity contribution in [1.29, 1.82) is 0 Å². The van der Waals surface area contributed by atoms with Crippen molar-refractivity contribution < 1.29 is 27.4 Å². The molecule has 4 rings (SSSR count). The summed E-state index contributed by atoms with van der Waals surface area (Å²) >= 11 is 0. The number of aryl methyl sites for hydroxylation is 2. The second kappa shape index (κ2) is 9.95. The van der Waals surface area contributed by atoms with Crippen LogP contribution in [-0.4, -0.2) is 57.7 Å². The number of aliphatic hydroxyl groups is 1. The van der Waals surface area contributed by atoms with E-state index in [9.17, 15) is 13.5 Å². The number of nitrogens with zero attached hydrogens (tertiary/aromatic N) is 5. The molecule has 0 spiro atoms. The fourth-order valence-corrected chi connectivity index (χ4v) is 4.57. The minimum atomic E-state index is -4.21. The summed E-state index contributed by atoms with van der Waals surface area (Å²) in [7, 11) is -1.25. The van der Waals surface area contributed by atoms with Crippen molar-refractivity contribution >= 4 is 16.0 Å². The molecule has 3 aromatic heterocycles. The van der Waals surface area contributed by atoms with Crippen LogP contribution in [0, 0.1) is 13.8 Å². The highest BCUT2D eigenvalue weighted by Crippen LogP contribution is 2.38. The number of sulfonamides is 1. The molecule has 0 saturated carbocycles. The normalized spacial score (nSPS) is 13.3. The van der Waals surface area contributed by atoms with Crippen molar-refractivity contribution in [2.75, 3.05) is 18.9 Å². The molecule has 36 heavy (non-hydrogen) atoms. The van der Waals surface area contributed by atoms with Gasteiger partial charge in [-0.2, -0.15) is 0 Å². The first-order chi connectivity index (χ1) is 17.2. The van der Waals surface area contributed by atoms with Crippen LogP contribution in [0.3, 0.4) is 0 Å². The molecule has 0 radical (unpaired) electrons. The molecule has 0 bridgehead atoms. The first kappa shape index (κ1) is 25.1. The van der Waals surface area contributed by atoms with Gasteiger partial charge in [0.05, 0.1) is 31.8 Å². The summed E-state index contributed by atoms with van der Waals surface area (Å²) in [6.07, 6.45) is 1.35. The second-order valence-electron chi connectivity index (χ2n) is 7.98. The molecule has 0 unspecified atom stereocenters. The largest absolute Gasteiger partial charge is 0.494 e. The Kier molecular flexibility index (Phi) is 6.95. The van der Waals surface area contributed by atoms with Gasteiger partial charge in [-0.05, 0) is 45.0 Å². The first-order valence-electron chi connectivity index (χ1n) is 10.9. The second-order valence-corrected chi connectivity index (χ2v) is 10.0. The van der Waals surface area contributed by atoms with Gasteiger partial charge < -0.3 is 19.0 Å². The molecule has 3 heterocycles. The third kappa shape index (κ3) is 4.75. The minimum absolute atomic E-state index is 0.123. The number of methoxy groups -OCH3 is 2. The number of aromatic nitrogens is 5. The van der Waals surface area contributed by atoms with E-state index in [-0.39, 0.29) is 17.5 Å². The maximum absolute atomic E-state index is 13.3. The summed E-state index contributed by atoms with van der Waals surface area (Å²) in [5.74, 6) is 1.78. The number of para-hydroxylation sites is 1. The highest BCUT2D eigenvalue weighted by molar-refractivity contribution is 7.93. The van der Waals surface area contributed by atoms with Gasteiger partial charge in [0.25, 0.3) is 0 Å². The summed E-state index contributed by atoms with van der Waals surface area (Å²) in [5.41, 5.74) is 1.11. The van der Waals surface area contributed by atoms with Gasteiger partial charge in [0.2, 0.25) is 21.8 Å². The molecule has 4 aromatic rings. The highest BCUT2D eigenvalue weighted by atomic mass is 32.2. The monoisotopic (exact) mass is 514 g/mol. The van der Waals surface area contributed by atoms with E-state index < -0.39 is 21.4 Å². The zero-order valence-corrected chi connectivity index (χ0v) is 21.1. The molecular weight excluding hydrogens is 488 g/mol. The number of nitrogens with one attached hydrogen (secondary N) is 1. The Hall–Kier alpha value is -3.97. The predicted molar refractivity (Wildman–Crippen MR) is 131 cm³/mol. The summed E-state index contributed by atoms with van der Waals surface area (Å²) in [4.78, 5) is 8.17. The summed E-state index contributed by atoms with van der Waals surface area (Å²) in [6.45, 7) is 4.87. The molecule has 0 aliphatic rings. The number of hydrogen-bond donors (Lipinski definition) is 2. The zero-order chi connectivity index (χ0) is 26.0.